The van der Waals surface area contributed by atoms with Gasteiger partial charge in [0.15, 0.2) is 5.82 Å². The van der Waals surface area contributed by atoms with Gasteiger partial charge < -0.3 is 4.42 Å². The summed E-state index contributed by atoms with van der Waals surface area (Å²) in [4.78, 5) is 19.5. The van der Waals surface area contributed by atoms with Gasteiger partial charge in [-0.05, 0) is 95.1 Å². The lowest BCUT2D eigenvalue weighted by molar-refractivity contribution is 0.670. The van der Waals surface area contributed by atoms with E-state index in [-0.39, 0.29) is 0 Å². The fourth-order valence-corrected chi connectivity index (χ4v) is 7.02. The average molecular weight is 653 g/mol. The third-order valence-corrected chi connectivity index (χ3v) is 9.54. The van der Waals surface area contributed by atoms with Crippen LogP contribution in [-0.2, 0) is 0 Å². The molecule has 4 aromatic heterocycles. The highest BCUT2D eigenvalue weighted by Gasteiger charge is 2.18. The summed E-state index contributed by atoms with van der Waals surface area (Å²) >= 11 is 0. The molecule has 0 aliphatic rings. The van der Waals surface area contributed by atoms with Gasteiger partial charge in [-0.1, -0.05) is 84.9 Å². The van der Waals surface area contributed by atoms with Gasteiger partial charge in [-0.2, -0.15) is 0 Å². The summed E-state index contributed by atoms with van der Waals surface area (Å²) in [5, 5.41) is 4.33. The summed E-state index contributed by atoms with van der Waals surface area (Å²) in [5.74, 6) is 0.650. The SMILES string of the molecule is c1ccc(-c2nc(-c3cc(-c4ccc5ncccc5c4)cc(-c4ccc5ncccc5c4)c3)cc(-c3cccc4c3oc3ccccc34)n2)cc1. The van der Waals surface area contributed by atoms with E-state index in [9.17, 15) is 0 Å². The molecule has 0 unspecified atom stereocenters. The third-order valence-electron chi connectivity index (χ3n) is 9.54. The Labute approximate surface area is 293 Å². The van der Waals surface area contributed by atoms with Crippen molar-refractivity contribution in [3.63, 3.8) is 0 Å². The van der Waals surface area contributed by atoms with Gasteiger partial charge in [-0.15, -0.1) is 0 Å². The predicted molar refractivity (Wildman–Crippen MR) is 207 cm³/mol. The first-order valence-electron chi connectivity index (χ1n) is 16.9. The zero-order valence-corrected chi connectivity index (χ0v) is 27.4. The zero-order chi connectivity index (χ0) is 33.7. The van der Waals surface area contributed by atoms with Crippen molar-refractivity contribution < 1.29 is 4.42 Å². The molecule has 6 aromatic carbocycles. The van der Waals surface area contributed by atoms with Crippen molar-refractivity contribution >= 4 is 43.7 Å². The molecule has 0 bridgehead atoms. The molecule has 0 fully saturated rings. The van der Waals surface area contributed by atoms with Crippen LogP contribution in [0, 0.1) is 0 Å². The highest BCUT2D eigenvalue weighted by atomic mass is 16.3. The normalized spacial score (nSPS) is 11.5. The molecule has 238 valence electrons. The van der Waals surface area contributed by atoms with Crippen LogP contribution in [0.1, 0.15) is 0 Å². The molecule has 0 radical (unpaired) electrons. The molecule has 0 aliphatic carbocycles. The maximum absolute atomic E-state index is 6.48. The molecule has 51 heavy (non-hydrogen) atoms. The van der Waals surface area contributed by atoms with E-state index in [1.54, 1.807) is 0 Å². The van der Waals surface area contributed by atoms with E-state index in [2.05, 4.69) is 119 Å². The van der Waals surface area contributed by atoms with Crippen LogP contribution in [0.4, 0.5) is 0 Å². The van der Waals surface area contributed by atoms with Crippen LogP contribution in [0.15, 0.2) is 175 Å². The maximum Gasteiger partial charge on any atom is 0.160 e. The number of hydrogen-bond donors (Lipinski definition) is 0. The molecular formula is C46H28N4O. The van der Waals surface area contributed by atoms with E-state index in [0.717, 1.165) is 94.1 Å². The van der Waals surface area contributed by atoms with Gasteiger partial charge in [-0.25, -0.2) is 9.97 Å². The maximum atomic E-state index is 6.48. The van der Waals surface area contributed by atoms with Crippen LogP contribution in [0.25, 0.3) is 99.9 Å². The second-order valence-corrected chi connectivity index (χ2v) is 12.7. The van der Waals surface area contributed by atoms with E-state index in [1.165, 1.54) is 0 Å². The van der Waals surface area contributed by atoms with E-state index in [0.29, 0.717) is 5.82 Å². The van der Waals surface area contributed by atoms with Gasteiger partial charge in [0.1, 0.15) is 11.2 Å². The lowest BCUT2D eigenvalue weighted by atomic mass is 9.93. The molecule has 0 N–H and O–H groups in total. The first-order chi connectivity index (χ1) is 25.2. The Hall–Kier alpha value is -6.98. The highest BCUT2D eigenvalue weighted by Crippen LogP contribution is 2.39. The van der Waals surface area contributed by atoms with E-state index >= 15 is 0 Å². The molecule has 10 rings (SSSR count). The quantitative estimate of drug-likeness (QED) is 0.185. The smallest absolute Gasteiger partial charge is 0.160 e. The molecule has 10 aromatic rings. The van der Waals surface area contributed by atoms with Crippen molar-refractivity contribution in [1.82, 2.24) is 19.9 Å². The molecule has 0 spiro atoms. The predicted octanol–water partition coefficient (Wildman–Crippen LogP) is 11.8. The molecule has 0 aliphatic heterocycles. The van der Waals surface area contributed by atoms with E-state index in [1.807, 2.05) is 60.9 Å². The monoisotopic (exact) mass is 652 g/mol. The summed E-state index contributed by atoms with van der Waals surface area (Å²) in [5.41, 5.74) is 12.4. The van der Waals surface area contributed by atoms with Crippen molar-refractivity contribution in [2.45, 2.75) is 0 Å². The second-order valence-electron chi connectivity index (χ2n) is 12.7. The number of furan rings is 1. The van der Waals surface area contributed by atoms with Crippen molar-refractivity contribution in [2.24, 2.45) is 0 Å². The van der Waals surface area contributed by atoms with Crippen molar-refractivity contribution in [3.05, 3.63) is 170 Å². The number of nitrogens with zero attached hydrogens (tertiary/aromatic N) is 4. The summed E-state index contributed by atoms with van der Waals surface area (Å²) in [6.07, 6.45) is 3.66. The Morgan fingerprint density at radius 3 is 1.75 bits per heavy atom. The molecule has 0 saturated heterocycles. The Morgan fingerprint density at radius 1 is 0.392 bits per heavy atom. The number of aromatic nitrogens is 4. The Balaban J connectivity index is 1.22. The zero-order valence-electron chi connectivity index (χ0n) is 27.4. The molecule has 5 nitrogen and oxygen atoms in total. The van der Waals surface area contributed by atoms with Crippen LogP contribution in [0.3, 0.4) is 0 Å². The van der Waals surface area contributed by atoms with Gasteiger partial charge in [-0.3, -0.25) is 9.97 Å². The summed E-state index contributed by atoms with van der Waals surface area (Å²) < 4.78 is 6.48. The fourth-order valence-electron chi connectivity index (χ4n) is 7.02. The lowest BCUT2D eigenvalue weighted by Gasteiger charge is -2.14. The number of rotatable bonds is 5. The minimum Gasteiger partial charge on any atom is -0.455 e. The van der Waals surface area contributed by atoms with Crippen LogP contribution >= 0.6 is 0 Å². The number of para-hydroxylation sites is 2. The van der Waals surface area contributed by atoms with E-state index < -0.39 is 0 Å². The number of fused-ring (bicyclic) bond motifs is 5. The van der Waals surface area contributed by atoms with Gasteiger partial charge in [0.05, 0.1) is 22.4 Å². The van der Waals surface area contributed by atoms with Gasteiger partial charge in [0.2, 0.25) is 0 Å². The van der Waals surface area contributed by atoms with Crippen LogP contribution in [0.2, 0.25) is 0 Å². The molecule has 0 amide bonds. The number of pyridine rings is 2. The third kappa shape index (κ3) is 5.20. The molecule has 0 saturated carbocycles. The largest absolute Gasteiger partial charge is 0.455 e. The Morgan fingerprint density at radius 2 is 1.02 bits per heavy atom. The van der Waals surface area contributed by atoms with Gasteiger partial charge >= 0.3 is 0 Å². The Bertz CT molecular complexity index is 2830. The number of hydrogen-bond acceptors (Lipinski definition) is 5. The minimum absolute atomic E-state index is 0.650. The van der Waals surface area contributed by atoms with Crippen LogP contribution in [0.5, 0.6) is 0 Å². The average Bonchev–Trinajstić information content (AvgIpc) is 3.59. The van der Waals surface area contributed by atoms with Crippen molar-refractivity contribution in [2.75, 3.05) is 0 Å². The van der Waals surface area contributed by atoms with Crippen molar-refractivity contribution in [3.8, 4) is 56.2 Å². The topological polar surface area (TPSA) is 64.7 Å². The number of benzene rings is 6. The second kappa shape index (κ2) is 11.9. The first kappa shape index (κ1) is 29.0. The van der Waals surface area contributed by atoms with Crippen molar-refractivity contribution in [1.29, 1.82) is 0 Å². The molecule has 0 atom stereocenters. The van der Waals surface area contributed by atoms with Gasteiger partial charge in [0, 0.05) is 50.6 Å². The standard InChI is InChI=1S/C46H28N4O/c1-2-9-29(10-3-1)46-49-42(28-43(50-46)39-15-6-14-38-37-13-4-5-16-44(37)51-45(38)39)36-26-34(30-17-19-40-32(23-30)11-7-21-47-40)25-35(27-36)31-18-20-41-33(24-31)12-8-22-48-41/h1-28H. The molecule has 5 heteroatoms. The fraction of sp³-hybridized carbons (Fsp3) is 0. The molecule has 4 heterocycles. The van der Waals surface area contributed by atoms with Gasteiger partial charge in [0.25, 0.3) is 0 Å². The molecular weight excluding hydrogens is 625 g/mol. The summed E-state index contributed by atoms with van der Waals surface area (Å²) in [6.45, 7) is 0. The highest BCUT2D eigenvalue weighted by molar-refractivity contribution is 6.09. The lowest BCUT2D eigenvalue weighted by Crippen LogP contribution is -1.97. The van der Waals surface area contributed by atoms with Crippen LogP contribution < -0.4 is 0 Å². The van der Waals surface area contributed by atoms with E-state index in [4.69, 9.17) is 14.4 Å². The van der Waals surface area contributed by atoms with Crippen LogP contribution in [-0.4, -0.2) is 19.9 Å². The first-order valence-corrected chi connectivity index (χ1v) is 16.9. The Kier molecular flexibility index (Phi) is 6.74. The summed E-state index contributed by atoms with van der Waals surface area (Å²) in [6, 6.07) is 54.4. The minimum atomic E-state index is 0.650. The summed E-state index contributed by atoms with van der Waals surface area (Å²) in [7, 11) is 0.